The Labute approximate surface area is 122 Å². The molecule has 3 heteroatoms. The number of methoxy groups -OCH3 is 1. The minimum atomic E-state index is 0.210. The SMILES string of the molecule is CCCNC(c1cc(C)ccc1OC)C1OCCC1C. The molecule has 2 rings (SSSR count). The predicted molar refractivity (Wildman–Crippen MR) is 82.3 cm³/mol. The molecule has 0 amide bonds. The van der Waals surface area contributed by atoms with Gasteiger partial charge in [-0.2, -0.15) is 0 Å². The van der Waals surface area contributed by atoms with Gasteiger partial charge in [0.15, 0.2) is 0 Å². The summed E-state index contributed by atoms with van der Waals surface area (Å²) in [6, 6.07) is 6.59. The molecule has 1 aromatic carbocycles. The number of benzene rings is 1. The second kappa shape index (κ2) is 7.09. The van der Waals surface area contributed by atoms with Crippen LogP contribution in [0.3, 0.4) is 0 Å². The summed E-state index contributed by atoms with van der Waals surface area (Å²) in [6.45, 7) is 8.45. The molecule has 1 aliphatic heterocycles. The van der Waals surface area contributed by atoms with Crippen LogP contribution in [0.1, 0.15) is 43.9 Å². The lowest BCUT2D eigenvalue weighted by atomic mass is 9.91. The van der Waals surface area contributed by atoms with Crippen molar-refractivity contribution in [2.45, 2.75) is 45.8 Å². The van der Waals surface area contributed by atoms with Gasteiger partial charge in [-0.1, -0.05) is 31.5 Å². The Kier molecular flexibility index (Phi) is 5.44. The fourth-order valence-electron chi connectivity index (χ4n) is 2.94. The quantitative estimate of drug-likeness (QED) is 0.863. The Hall–Kier alpha value is -1.06. The van der Waals surface area contributed by atoms with Crippen molar-refractivity contribution in [3.8, 4) is 5.75 Å². The van der Waals surface area contributed by atoms with Crippen molar-refractivity contribution in [2.75, 3.05) is 20.3 Å². The number of nitrogens with one attached hydrogen (secondary N) is 1. The van der Waals surface area contributed by atoms with Gasteiger partial charge in [0.05, 0.1) is 19.3 Å². The number of aryl methyl sites for hydroxylation is 1. The van der Waals surface area contributed by atoms with Crippen molar-refractivity contribution >= 4 is 0 Å². The maximum absolute atomic E-state index is 6.00. The minimum Gasteiger partial charge on any atom is -0.496 e. The zero-order valence-electron chi connectivity index (χ0n) is 13.1. The van der Waals surface area contributed by atoms with Gasteiger partial charge in [-0.05, 0) is 38.3 Å². The Morgan fingerprint density at radius 3 is 2.85 bits per heavy atom. The van der Waals surface area contributed by atoms with Crippen molar-refractivity contribution in [3.63, 3.8) is 0 Å². The summed E-state index contributed by atoms with van der Waals surface area (Å²) >= 11 is 0. The van der Waals surface area contributed by atoms with Crippen molar-refractivity contribution in [1.82, 2.24) is 5.32 Å². The molecule has 0 bridgehead atoms. The molecule has 3 unspecified atom stereocenters. The molecular formula is C17H27NO2. The van der Waals surface area contributed by atoms with Gasteiger partial charge in [-0.15, -0.1) is 0 Å². The maximum atomic E-state index is 6.00. The fraction of sp³-hybridized carbons (Fsp3) is 0.647. The van der Waals surface area contributed by atoms with Crippen LogP contribution in [-0.4, -0.2) is 26.4 Å². The highest BCUT2D eigenvalue weighted by atomic mass is 16.5. The fourth-order valence-corrected chi connectivity index (χ4v) is 2.94. The molecule has 1 aromatic rings. The van der Waals surface area contributed by atoms with Gasteiger partial charge in [-0.25, -0.2) is 0 Å². The summed E-state index contributed by atoms with van der Waals surface area (Å²) in [6.07, 6.45) is 2.49. The molecule has 0 spiro atoms. The first kappa shape index (κ1) is 15.3. The van der Waals surface area contributed by atoms with Crippen LogP contribution in [0.2, 0.25) is 0 Å². The normalized spacial score (nSPS) is 23.8. The summed E-state index contributed by atoms with van der Waals surface area (Å²) in [5.74, 6) is 1.53. The largest absolute Gasteiger partial charge is 0.496 e. The molecule has 20 heavy (non-hydrogen) atoms. The molecule has 1 saturated heterocycles. The van der Waals surface area contributed by atoms with E-state index in [9.17, 15) is 0 Å². The zero-order chi connectivity index (χ0) is 14.5. The third-order valence-electron chi connectivity index (χ3n) is 4.11. The molecule has 3 atom stereocenters. The first-order valence-electron chi connectivity index (χ1n) is 7.67. The lowest BCUT2D eigenvalue weighted by Crippen LogP contribution is -2.35. The summed E-state index contributed by atoms with van der Waals surface area (Å²) in [7, 11) is 1.74. The molecule has 1 fully saturated rings. The van der Waals surface area contributed by atoms with Crippen LogP contribution >= 0.6 is 0 Å². The van der Waals surface area contributed by atoms with Crippen LogP contribution in [0.25, 0.3) is 0 Å². The summed E-state index contributed by atoms with van der Waals surface area (Å²) < 4.78 is 11.6. The Morgan fingerprint density at radius 1 is 1.45 bits per heavy atom. The third kappa shape index (κ3) is 3.33. The van der Waals surface area contributed by atoms with E-state index in [1.54, 1.807) is 7.11 Å². The van der Waals surface area contributed by atoms with Crippen molar-refractivity contribution in [2.24, 2.45) is 5.92 Å². The van der Waals surface area contributed by atoms with Crippen LogP contribution in [0.4, 0.5) is 0 Å². The average Bonchev–Trinajstić information content (AvgIpc) is 2.86. The average molecular weight is 277 g/mol. The molecule has 0 aliphatic carbocycles. The van der Waals surface area contributed by atoms with Crippen molar-refractivity contribution in [1.29, 1.82) is 0 Å². The zero-order valence-corrected chi connectivity index (χ0v) is 13.1. The van der Waals surface area contributed by atoms with Gasteiger partial charge in [0.2, 0.25) is 0 Å². The maximum Gasteiger partial charge on any atom is 0.123 e. The molecule has 1 N–H and O–H groups in total. The number of hydrogen-bond acceptors (Lipinski definition) is 3. The minimum absolute atomic E-state index is 0.210. The number of ether oxygens (including phenoxy) is 2. The molecule has 3 nitrogen and oxygen atoms in total. The number of hydrogen-bond donors (Lipinski definition) is 1. The summed E-state index contributed by atoms with van der Waals surface area (Å²) in [4.78, 5) is 0. The van der Waals surface area contributed by atoms with E-state index in [0.717, 1.165) is 31.7 Å². The topological polar surface area (TPSA) is 30.5 Å². The van der Waals surface area contributed by atoms with E-state index < -0.39 is 0 Å². The summed E-state index contributed by atoms with van der Waals surface area (Å²) in [5, 5.41) is 3.66. The molecule has 1 heterocycles. The smallest absolute Gasteiger partial charge is 0.123 e. The van der Waals surface area contributed by atoms with Crippen LogP contribution in [0, 0.1) is 12.8 Å². The van der Waals surface area contributed by atoms with E-state index in [-0.39, 0.29) is 12.1 Å². The second-order valence-corrected chi connectivity index (χ2v) is 5.78. The predicted octanol–water partition coefficient (Wildman–Crippen LogP) is 3.47. The lowest BCUT2D eigenvalue weighted by molar-refractivity contribution is 0.0599. The highest BCUT2D eigenvalue weighted by Crippen LogP contribution is 2.35. The molecule has 1 aliphatic rings. The van der Waals surface area contributed by atoms with Crippen LogP contribution in [-0.2, 0) is 4.74 Å². The standard InChI is InChI=1S/C17H27NO2/c1-5-9-18-16(17-13(3)8-10-20-17)14-11-12(2)6-7-15(14)19-4/h6-7,11,13,16-18H,5,8-10H2,1-4H3. The van der Waals surface area contributed by atoms with Gasteiger partial charge < -0.3 is 14.8 Å². The molecule has 0 radical (unpaired) electrons. The Bertz CT molecular complexity index is 433. The van der Waals surface area contributed by atoms with E-state index in [0.29, 0.717) is 5.92 Å². The Balaban J connectivity index is 2.32. The first-order chi connectivity index (χ1) is 9.67. The first-order valence-corrected chi connectivity index (χ1v) is 7.67. The van der Waals surface area contributed by atoms with Crippen LogP contribution in [0.15, 0.2) is 18.2 Å². The molecule has 112 valence electrons. The summed E-state index contributed by atoms with van der Waals surface area (Å²) in [5.41, 5.74) is 2.48. The van der Waals surface area contributed by atoms with E-state index in [1.807, 2.05) is 0 Å². The second-order valence-electron chi connectivity index (χ2n) is 5.78. The molecule has 0 saturated carbocycles. The van der Waals surface area contributed by atoms with Crippen LogP contribution in [0.5, 0.6) is 5.75 Å². The Morgan fingerprint density at radius 2 is 2.25 bits per heavy atom. The highest BCUT2D eigenvalue weighted by molar-refractivity contribution is 5.40. The van der Waals surface area contributed by atoms with Gasteiger partial charge in [0, 0.05) is 12.2 Å². The third-order valence-corrected chi connectivity index (χ3v) is 4.11. The van der Waals surface area contributed by atoms with Gasteiger partial charge in [0.25, 0.3) is 0 Å². The van der Waals surface area contributed by atoms with Gasteiger partial charge in [-0.3, -0.25) is 0 Å². The van der Waals surface area contributed by atoms with E-state index in [1.165, 1.54) is 11.1 Å². The monoisotopic (exact) mass is 277 g/mol. The van der Waals surface area contributed by atoms with E-state index in [4.69, 9.17) is 9.47 Å². The van der Waals surface area contributed by atoms with E-state index >= 15 is 0 Å². The van der Waals surface area contributed by atoms with Gasteiger partial charge in [0.1, 0.15) is 5.75 Å². The lowest BCUT2D eigenvalue weighted by Gasteiger charge is -2.29. The van der Waals surface area contributed by atoms with Gasteiger partial charge >= 0.3 is 0 Å². The molecule has 0 aromatic heterocycles. The number of rotatable bonds is 6. The highest BCUT2D eigenvalue weighted by Gasteiger charge is 2.34. The van der Waals surface area contributed by atoms with Crippen LogP contribution < -0.4 is 10.1 Å². The van der Waals surface area contributed by atoms with Crippen molar-refractivity contribution < 1.29 is 9.47 Å². The van der Waals surface area contributed by atoms with E-state index in [2.05, 4.69) is 44.3 Å². The molecular weight excluding hydrogens is 250 g/mol. The van der Waals surface area contributed by atoms with Crippen molar-refractivity contribution in [3.05, 3.63) is 29.3 Å².